The number of piperidine rings is 1. The van der Waals surface area contributed by atoms with Crippen LogP contribution in [0, 0.1) is 0 Å². The zero-order valence-electron chi connectivity index (χ0n) is 13.2. The first-order valence-corrected chi connectivity index (χ1v) is 7.53. The van der Waals surface area contributed by atoms with E-state index in [9.17, 15) is 9.59 Å². The molecule has 3 heterocycles. The van der Waals surface area contributed by atoms with Gasteiger partial charge in [-0.05, 0) is 25.0 Å². The normalized spacial score (nSPS) is 15.7. The second kappa shape index (κ2) is 6.23. The zero-order valence-corrected chi connectivity index (χ0v) is 13.2. The highest BCUT2D eigenvalue weighted by Gasteiger charge is 2.29. The number of nitrogens with zero attached hydrogens (tertiary/aromatic N) is 4. The Morgan fingerprint density at radius 3 is 2.74 bits per heavy atom. The van der Waals surface area contributed by atoms with Gasteiger partial charge in [0.25, 0.3) is 5.91 Å². The van der Waals surface area contributed by atoms with Crippen LogP contribution in [-0.2, 0) is 0 Å². The lowest BCUT2D eigenvalue weighted by atomic mass is 9.96. The Morgan fingerprint density at radius 1 is 1.39 bits per heavy atom. The van der Waals surface area contributed by atoms with Gasteiger partial charge in [0.15, 0.2) is 5.69 Å². The van der Waals surface area contributed by atoms with Crippen molar-refractivity contribution in [1.82, 2.24) is 20.1 Å². The quantitative estimate of drug-likeness (QED) is 0.901. The van der Waals surface area contributed by atoms with Crippen molar-refractivity contribution in [3.8, 4) is 0 Å². The zero-order chi connectivity index (χ0) is 16.4. The van der Waals surface area contributed by atoms with Crippen LogP contribution in [0.25, 0.3) is 0 Å². The Labute approximate surface area is 133 Å². The first-order valence-electron chi connectivity index (χ1n) is 7.53. The van der Waals surface area contributed by atoms with Crippen molar-refractivity contribution in [3.05, 3.63) is 40.5 Å². The predicted molar refractivity (Wildman–Crippen MR) is 83.6 cm³/mol. The summed E-state index contributed by atoms with van der Waals surface area (Å²) in [6.45, 7) is 1.17. The molecule has 0 aliphatic carbocycles. The van der Waals surface area contributed by atoms with Crippen LogP contribution in [0.2, 0.25) is 0 Å². The lowest BCUT2D eigenvalue weighted by Gasteiger charge is -2.31. The standard InChI is InChI=1S/C15H19N5O3/c1-19(2)11-4-3-7-16-12(11)14(21)20-8-5-10(6-9-20)13-17-18-15(22)23-13/h3-4,7,10H,5-6,8-9H2,1-2H3,(H,18,22). The van der Waals surface area contributed by atoms with Crippen molar-refractivity contribution < 1.29 is 9.21 Å². The number of carbonyl (C=O) groups excluding carboxylic acids is 1. The van der Waals surface area contributed by atoms with Gasteiger partial charge in [0.1, 0.15) is 0 Å². The van der Waals surface area contributed by atoms with Gasteiger partial charge in [-0.25, -0.2) is 14.9 Å². The van der Waals surface area contributed by atoms with E-state index in [0.717, 1.165) is 5.69 Å². The first kappa shape index (κ1) is 15.3. The predicted octanol–water partition coefficient (Wildman–Crippen LogP) is 0.844. The maximum atomic E-state index is 12.7. The van der Waals surface area contributed by atoms with Gasteiger partial charge in [-0.3, -0.25) is 4.79 Å². The van der Waals surface area contributed by atoms with E-state index >= 15 is 0 Å². The molecule has 8 nitrogen and oxygen atoms in total. The maximum Gasteiger partial charge on any atom is 0.434 e. The molecule has 1 aliphatic rings. The second-order valence-electron chi connectivity index (χ2n) is 5.78. The minimum Gasteiger partial charge on any atom is -0.392 e. The minimum absolute atomic E-state index is 0.0649. The summed E-state index contributed by atoms with van der Waals surface area (Å²) >= 11 is 0. The molecule has 23 heavy (non-hydrogen) atoms. The Bertz CT molecular complexity index is 743. The summed E-state index contributed by atoms with van der Waals surface area (Å²) in [6.07, 6.45) is 3.05. The molecule has 2 aromatic rings. The minimum atomic E-state index is -0.539. The third-order valence-electron chi connectivity index (χ3n) is 4.06. The Balaban J connectivity index is 1.70. The molecule has 8 heteroatoms. The lowest BCUT2D eigenvalue weighted by molar-refractivity contribution is 0.0700. The number of carbonyl (C=O) groups is 1. The van der Waals surface area contributed by atoms with Crippen molar-refractivity contribution in [3.63, 3.8) is 0 Å². The summed E-state index contributed by atoms with van der Waals surface area (Å²) < 4.78 is 5.01. The molecule has 0 bridgehead atoms. The number of hydrogen-bond acceptors (Lipinski definition) is 6. The number of hydrogen-bond donors (Lipinski definition) is 1. The van der Waals surface area contributed by atoms with Crippen molar-refractivity contribution in [1.29, 1.82) is 0 Å². The lowest BCUT2D eigenvalue weighted by Crippen LogP contribution is -2.39. The third-order valence-corrected chi connectivity index (χ3v) is 4.06. The largest absolute Gasteiger partial charge is 0.434 e. The Hall–Kier alpha value is -2.64. The fraction of sp³-hybridized carbons (Fsp3) is 0.467. The number of H-pyrrole nitrogens is 1. The molecular formula is C15H19N5O3. The summed E-state index contributed by atoms with van der Waals surface area (Å²) in [4.78, 5) is 31.7. The average Bonchev–Trinajstić information content (AvgIpc) is 3.01. The van der Waals surface area contributed by atoms with Gasteiger partial charge in [0.05, 0.1) is 5.69 Å². The van der Waals surface area contributed by atoms with Gasteiger partial charge in [-0.15, -0.1) is 5.10 Å². The molecule has 0 unspecified atom stereocenters. The number of amides is 1. The SMILES string of the molecule is CN(C)c1cccnc1C(=O)N1CCC(c2n[nH]c(=O)o2)CC1. The van der Waals surface area contributed by atoms with Gasteiger partial charge < -0.3 is 14.2 Å². The van der Waals surface area contributed by atoms with Crippen LogP contribution >= 0.6 is 0 Å². The van der Waals surface area contributed by atoms with Gasteiger partial charge in [-0.2, -0.15) is 0 Å². The van der Waals surface area contributed by atoms with Crippen LogP contribution in [0.1, 0.15) is 35.1 Å². The number of pyridine rings is 1. The smallest absolute Gasteiger partial charge is 0.392 e. The van der Waals surface area contributed by atoms with Crippen LogP contribution in [-0.4, -0.2) is 53.2 Å². The van der Waals surface area contributed by atoms with E-state index in [1.807, 2.05) is 31.1 Å². The Morgan fingerprint density at radius 2 is 2.13 bits per heavy atom. The van der Waals surface area contributed by atoms with E-state index in [-0.39, 0.29) is 11.8 Å². The molecule has 3 rings (SSSR count). The second-order valence-corrected chi connectivity index (χ2v) is 5.78. The molecule has 0 atom stereocenters. The summed E-state index contributed by atoms with van der Waals surface area (Å²) in [5.41, 5.74) is 1.26. The molecule has 1 aliphatic heterocycles. The van der Waals surface area contributed by atoms with E-state index in [1.165, 1.54) is 0 Å². The van der Waals surface area contributed by atoms with E-state index < -0.39 is 5.76 Å². The summed E-state index contributed by atoms with van der Waals surface area (Å²) in [5.74, 6) is -0.122. The van der Waals surface area contributed by atoms with Crippen LogP contribution < -0.4 is 10.7 Å². The molecule has 1 amide bonds. The first-order chi connectivity index (χ1) is 11.1. The number of aromatic nitrogens is 3. The third kappa shape index (κ3) is 3.10. The molecular weight excluding hydrogens is 298 g/mol. The highest BCUT2D eigenvalue weighted by atomic mass is 16.4. The Kier molecular flexibility index (Phi) is 4.14. The highest BCUT2D eigenvalue weighted by Crippen LogP contribution is 2.27. The maximum absolute atomic E-state index is 12.7. The number of rotatable bonds is 3. The average molecular weight is 317 g/mol. The van der Waals surface area contributed by atoms with E-state index in [4.69, 9.17) is 4.42 Å². The van der Waals surface area contributed by atoms with Gasteiger partial charge in [-0.1, -0.05) is 0 Å². The molecule has 2 aromatic heterocycles. The molecule has 0 radical (unpaired) electrons. The number of aromatic amines is 1. The topological polar surface area (TPSA) is 95.3 Å². The van der Waals surface area contributed by atoms with E-state index in [0.29, 0.717) is 37.5 Å². The van der Waals surface area contributed by atoms with Gasteiger partial charge in [0.2, 0.25) is 5.89 Å². The molecule has 1 N–H and O–H groups in total. The van der Waals surface area contributed by atoms with Gasteiger partial charge in [0, 0.05) is 39.3 Å². The molecule has 0 spiro atoms. The molecule has 1 saturated heterocycles. The van der Waals surface area contributed by atoms with E-state index in [1.54, 1.807) is 11.1 Å². The summed E-state index contributed by atoms with van der Waals surface area (Å²) in [7, 11) is 3.78. The summed E-state index contributed by atoms with van der Waals surface area (Å²) in [5, 5.41) is 6.16. The van der Waals surface area contributed by atoms with Crippen molar-refractivity contribution in [2.45, 2.75) is 18.8 Å². The molecule has 1 fully saturated rings. The monoisotopic (exact) mass is 317 g/mol. The highest BCUT2D eigenvalue weighted by molar-refractivity contribution is 5.97. The fourth-order valence-corrected chi connectivity index (χ4v) is 2.82. The number of likely N-dealkylation sites (tertiary alicyclic amines) is 1. The van der Waals surface area contributed by atoms with Crippen molar-refractivity contribution in [2.24, 2.45) is 0 Å². The van der Waals surface area contributed by atoms with Crippen molar-refractivity contribution in [2.75, 3.05) is 32.1 Å². The van der Waals surface area contributed by atoms with E-state index in [2.05, 4.69) is 15.2 Å². The van der Waals surface area contributed by atoms with Crippen LogP contribution in [0.3, 0.4) is 0 Å². The van der Waals surface area contributed by atoms with Crippen LogP contribution in [0.15, 0.2) is 27.5 Å². The number of nitrogens with one attached hydrogen (secondary N) is 1. The summed E-state index contributed by atoms with van der Waals surface area (Å²) in [6, 6.07) is 3.70. The van der Waals surface area contributed by atoms with Crippen molar-refractivity contribution >= 4 is 11.6 Å². The van der Waals surface area contributed by atoms with Crippen LogP contribution in [0.5, 0.6) is 0 Å². The number of anilines is 1. The van der Waals surface area contributed by atoms with Crippen LogP contribution in [0.4, 0.5) is 5.69 Å². The molecule has 0 saturated carbocycles. The molecule has 0 aromatic carbocycles. The molecule has 122 valence electrons. The fourth-order valence-electron chi connectivity index (χ4n) is 2.82. The van der Waals surface area contributed by atoms with Gasteiger partial charge >= 0.3 is 5.76 Å².